The van der Waals surface area contributed by atoms with E-state index in [1.807, 2.05) is 12.1 Å². The molecule has 0 spiro atoms. The molecular formula is C11H18N2O. The first-order valence-electron chi connectivity index (χ1n) is 5.23. The van der Waals surface area contributed by atoms with Crippen molar-refractivity contribution < 1.29 is 4.42 Å². The minimum Gasteiger partial charge on any atom is -0.468 e. The summed E-state index contributed by atoms with van der Waals surface area (Å²) in [4.78, 5) is 2.35. The van der Waals surface area contributed by atoms with Crippen LogP contribution < -0.4 is 5.32 Å². The van der Waals surface area contributed by atoms with Crippen molar-refractivity contribution in [3.63, 3.8) is 0 Å². The van der Waals surface area contributed by atoms with Crippen molar-refractivity contribution >= 4 is 0 Å². The number of nitrogens with zero attached hydrogens (tertiary/aromatic N) is 1. The van der Waals surface area contributed by atoms with E-state index in [-0.39, 0.29) is 0 Å². The average Bonchev–Trinajstić information content (AvgIpc) is 2.75. The van der Waals surface area contributed by atoms with Crippen LogP contribution in [0.15, 0.2) is 22.8 Å². The first kappa shape index (κ1) is 9.74. The number of hydrogen-bond donors (Lipinski definition) is 1. The van der Waals surface area contributed by atoms with Crippen LogP contribution >= 0.6 is 0 Å². The summed E-state index contributed by atoms with van der Waals surface area (Å²) in [5.74, 6) is 1.03. The number of likely N-dealkylation sites (N-methyl/N-ethyl adjacent to an activating group) is 1. The van der Waals surface area contributed by atoms with Crippen LogP contribution in [-0.4, -0.2) is 31.1 Å². The Balaban J connectivity index is 1.86. The molecule has 1 aliphatic heterocycles. The maximum atomic E-state index is 5.36. The van der Waals surface area contributed by atoms with E-state index in [1.165, 1.54) is 13.0 Å². The quantitative estimate of drug-likeness (QED) is 0.793. The van der Waals surface area contributed by atoms with Crippen LogP contribution in [0.4, 0.5) is 0 Å². The molecule has 2 rings (SSSR count). The Hall–Kier alpha value is -0.800. The van der Waals surface area contributed by atoms with Crippen LogP contribution in [0.25, 0.3) is 0 Å². The summed E-state index contributed by atoms with van der Waals surface area (Å²) in [6.45, 7) is 4.49. The summed E-state index contributed by atoms with van der Waals surface area (Å²) >= 11 is 0. The Kier molecular flexibility index (Phi) is 2.89. The van der Waals surface area contributed by atoms with Gasteiger partial charge in [0, 0.05) is 12.6 Å². The Morgan fingerprint density at radius 1 is 1.64 bits per heavy atom. The normalized spacial score (nSPS) is 25.4. The molecule has 1 saturated heterocycles. The van der Waals surface area contributed by atoms with Crippen molar-refractivity contribution in [3.05, 3.63) is 24.2 Å². The van der Waals surface area contributed by atoms with Crippen molar-refractivity contribution in [1.29, 1.82) is 0 Å². The predicted molar refractivity (Wildman–Crippen MR) is 56.2 cm³/mol. The third-order valence-electron chi connectivity index (χ3n) is 2.85. The second-order valence-electron chi connectivity index (χ2n) is 4.15. The van der Waals surface area contributed by atoms with Crippen molar-refractivity contribution in [2.45, 2.75) is 25.4 Å². The highest BCUT2D eigenvalue weighted by molar-refractivity contribution is 5.03. The molecule has 1 N–H and O–H groups in total. The lowest BCUT2D eigenvalue weighted by atomic mass is 10.2. The van der Waals surface area contributed by atoms with Crippen molar-refractivity contribution in [2.24, 2.45) is 0 Å². The lowest BCUT2D eigenvalue weighted by Crippen LogP contribution is -2.33. The fourth-order valence-corrected chi connectivity index (χ4v) is 2.04. The van der Waals surface area contributed by atoms with Gasteiger partial charge in [-0.2, -0.15) is 0 Å². The minimum atomic E-state index is 0.321. The summed E-state index contributed by atoms with van der Waals surface area (Å²) < 4.78 is 5.36. The van der Waals surface area contributed by atoms with Crippen LogP contribution in [0.1, 0.15) is 25.1 Å². The molecule has 0 aromatic carbocycles. The van der Waals surface area contributed by atoms with Gasteiger partial charge in [-0.1, -0.05) is 0 Å². The number of furan rings is 1. The zero-order chi connectivity index (χ0) is 9.97. The Labute approximate surface area is 85.1 Å². The smallest absolute Gasteiger partial charge is 0.120 e. The van der Waals surface area contributed by atoms with E-state index in [1.54, 1.807) is 6.26 Å². The highest BCUT2D eigenvalue weighted by Crippen LogP contribution is 2.16. The average molecular weight is 194 g/mol. The van der Waals surface area contributed by atoms with Gasteiger partial charge in [0.2, 0.25) is 0 Å². The van der Waals surface area contributed by atoms with Gasteiger partial charge in [0.25, 0.3) is 0 Å². The fourth-order valence-electron chi connectivity index (χ4n) is 2.04. The first-order chi connectivity index (χ1) is 6.75. The molecule has 78 valence electrons. The highest BCUT2D eigenvalue weighted by atomic mass is 16.3. The second-order valence-corrected chi connectivity index (χ2v) is 4.15. The van der Waals surface area contributed by atoms with Gasteiger partial charge < -0.3 is 14.6 Å². The zero-order valence-electron chi connectivity index (χ0n) is 8.86. The number of nitrogens with one attached hydrogen (secondary N) is 1. The zero-order valence-corrected chi connectivity index (χ0v) is 8.86. The van der Waals surface area contributed by atoms with Crippen molar-refractivity contribution in [1.82, 2.24) is 10.2 Å². The molecule has 1 aromatic heterocycles. The summed E-state index contributed by atoms with van der Waals surface area (Å²) in [5, 5.41) is 3.58. The summed E-state index contributed by atoms with van der Waals surface area (Å²) in [5.41, 5.74) is 0. The summed E-state index contributed by atoms with van der Waals surface area (Å²) in [6.07, 6.45) is 2.97. The summed E-state index contributed by atoms with van der Waals surface area (Å²) in [6, 6.07) is 4.89. The van der Waals surface area contributed by atoms with E-state index < -0.39 is 0 Å². The summed E-state index contributed by atoms with van der Waals surface area (Å²) in [7, 11) is 2.17. The molecule has 2 heterocycles. The Morgan fingerprint density at radius 3 is 3.07 bits per heavy atom. The lowest BCUT2D eigenvalue weighted by Gasteiger charge is -2.17. The van der Waals surface area contributed by atoms with Crippen LogP contribution in [0, 0.1) is 0 Å². The molecule has 0 radical (unpaired) electrons. The third kappa shape index (κ3) is 2.16. The lowest BCUT2D eigenvalue weighted by molar-refractivity contribution is 0.365. The van der Waals surface area contributed by atoms with Gasteiger partial charge >= 0.3 is 0 Å². The predicted octanol–water partition coefficient (Wildman–Crippen LogP) is 1.63. The van der Waals surface area contributed by atoms with E-state index in [2.05, 4.69) is 24.2 Å². The van der Waals surface area contributed by atoms with Gasteiger partial charge in [-0.15, -0.1) is 0 Å². The van der Waals surface area contributed by atoms with E-state index in [0.717, 1.165) is 12.3 Å². The van der Waals surface area contributed by atoms with E-state index in [4.69, 9.17) is 4.42 Å². The van der Waals surface area contributed by atoms with Gasteiger partial charge in [0.05, 0.1) is 12.3 Å². The molecule has 1 aromatic rings. The molecule has 0 unspecified atom stereocenters. The van der Waals surface area contributed by atoms with Gasteiger partial charge in [-0.3, -0.25) is 0 Å². The number of rotatable bonds is 3. The maximum absolute atomic E-state index is 5.36. The van der Waals surface area contributed by atoms with Gasteiger partial charge in [-0.25, -0.2) is 0 Å². The van der Waals surface area contributed by atoms with Crippen LogP contribution in [0.2, 0.25) is 0 Å². The molecule has 0 aliphatic carbocycles. The van der Waals surface area contributed by atoms with E-state index in [9.17, 15) is 0 Å². The topological polar surface area (TPSA) is 28.4 Å². The molecular weight excluding hydrogens is 176 g/mol. The van der Waals surface area contributed by atoms with Gasteiger partial charge in [0.15, 0.2) is 0 Å². The van der Waals surface area contributed by atoms with Crippen LogP contribution in [0.5, 0.6) is 0 Å². The number of likely N-dealkylation sites (tertiary alicyclic amines) is 1. The number of hydrogen-bond acceptors (Lipinski definition) is 3. The van der Waals surface area contributed by atoms with Crippen LogP contribution in [0.3, 0.4) is 0 Å². The molecule has 0 amide bonds. The first-order valence-corrected chi connectivity index (χ1v) is 5.23. The van der Waals surface area contributed by atoms with Crippen molar-refractivity contribution in [3.8, 4) is 0 Å². The largest absolute Gasteiger partial charge is 0.468 e. The van der Waals surface area contributed by atoms with Crippen LogP contribution in [-0.2, 0) is 0 Å². The molecule has 0 saturated carbocycles. The molecule has 1 aliphatic rings. The molecule has 3 heteroatoms. The van der Waals surface area contributed by atoms with Crippen molar-refractivity contribution in [2.75, 3.05) is 20.1 Å². The molecule has 1 fully saturated rings. The fraction of sp³-hybridized carbons (Fsp3) is 0.636. The van der Waals surface area contributed by atoms with Gasteiger partial charge in [-0.05, 0) is 39.1 Å². The van der Waals surface area contributed by atoms with E-state index in [0.29, 0.717) is 12.1 Å². The van der Waals surface area contributed by atoms with E-state index >= 15 is 0 Å². The monoisotopic (exact) mass is 194 g/mol. The molecule has 2 atom stereocenters. The Bertz CT molecular complexity index is 271. The standard InChI is InChI=1S/C11H18N2O/c1-9(11-4-3-7-14-11)12-10-5-6-13(2)8-10/h3-4,7,9-10,12H,5-6,8H2,1-2H3/t9-,10+/m1/s1. The highest BCUT2D eigenvalue weighted by Gasteiger charge is 2.21. The molecule has 3 nitrogen and oxygen atoms in total. The maximum Gasteiger partial charge on any atom is 0.120 e. The molecule has 0 bridgehead atoms. The molecule has 14 heavy (non-hydrogen) atoms. The second kappa shape index (κ2) is 4.15. The Morgan fingerprint density at radius 2 is 2.50 bits per heavy atom. The SMILES string of the molecule is C[C@@H](N[C@H]1CCN(C)C1)c1ccco1. The third-order valence-corrected chi connectivity index (χ3v) is 2.85. The van der Waals surface area contributed by atoms with Gasteiger partial charge in [0.1, 0.15) is 5.76 Å². The minimum absolute atomic E-state index is 0.321.